The first-order valence-corrected chi connectivity index (χ1v) is 7.42. The van der Waals surface area contributed by atoms with Gasteiger partial charge in [-0.3, -0.25) is 19.7 Å². The molecule has 4 unspecified atom stereocenters. The van der Waals surface area contributed by atoms with Crippen molar-refractivity contribution in [2.75, 3.05) is 5.32 Å². The fourth-order valence-corrected chi connectivity index (χ4v) is 3.67. The van der Waals surface area contributed by atoms with Gasteiger partial charge < -0.3 is 10.4 Å². The highest BCUT2D eigenvalue weighted by Gasteiger charge is 2.51. The summed E-state index contributed by atoms with van der Waals surface area (Å²) in [5.41, 5.74) is 0.0532. The molecule has 0 spiro atoms. The number of nitro benzene ring substituents is 1. The Hall–Kier alpha value is -2.41. The lowest BCUT2D eigenvalue weighted by molar-refractivity contribution is -0.384. The Morgan fingerprint density at radius 2 is 1.91 bits per heavy atom. The van der Waals surface area contributed by atoms with E-state index in [1.54, 1.807) is 0 Å². The number of halogens is 1. The van der Waals surface area contributed by atoms with Gasteiger partial charge in [-0.25, -0.2) is 0 Å². The molecule has 0 saturated heterocycles. The molecule has 8 heteroatoms. The Labute approximate surface area is 136 Å². The predicted octanol–water partition coefficient (Wildman–Crippen LogP) is 2.71. The lowest BCUT2D eigenvalue weighted by Gasteiger charge is -2.24. The lowest BCUT2D eigenvalue weighted by Crippen LogP contribution is -2.36. The number of hydrogen-bond donors (Lipinski definition) is 2. The monoisotopic (exact) mass is 336 g/mol. The number of allylic oxidation sites excluding steroid dienone is 2. The number of hydrogen-bond acceptors (Lipinski definition) is 4. The van der Waals surface area contributed by atoms with Crippen LogP contribution in [0, 0.1) is 33.8 Å². The topological polar surface area (TPSA) is 110 Å². The maximum Gasteiger partial charge on any atom is 0.307 e. The quantitative estimate of drug-likeness (QED) is 0.499. The number of fused-ring (bicyclic) bond motifs is 2. The molecule has 0 aliphatic heterocycles. The summed E-state index contributed by atoms with van der Waals surface area (Å²) in [5.74, 6) is -3.05. The fourth-order valence-electron chi connectivity index (χ4n) is 3.45. The van der Waals surface area contributed by atoms with Crippen LogP contribution in [0.2, 0.25) is 5.02 Å². The van der Waals surface area contributed by atoms with Crippen molar-refractivity contribution in [1.29, 1.82) is 0 Å². The number of rotatable bonds is 4. The van der Waals surface area contributed by atoms with Gasteiger partial charge in [0.15, 0.2) is 0 Å². The Morgan fingerprint density at radius 1 is 1.26 bits per heavy atom. The number of nitrogens with zero attached hydrogens (tertiary/aromatic N) is 1. The molecule has 0 aromatic heterocycles. The number of amides is 1. The molecular weight excluding hydrogens is 324 g/mol. The minimum absolute atomic E-state index is 0.0399. The van der Waals surface area contributed by atoms with E-state index >= 15 is 0 Å². The van der Waals surface area contributed by atoms with Gasteiger partial charge in [0.05, 0.1) is 27.5 Å². The summed E-state index contributed by atoms with van der Waals surface area (Å²) < 4.78 is 0. The van der Waals surface area contributed by atoms with Crippen molar-refractivity contribution in [3.8, 4) is 0 Å². The van der Waals surface area contributed by atoms with Gasteiger partial charge in [-0.1, -0.05) is 23.8 Å². The standard InChI is InChI=1S/C15H13ClN2O5/c16-10-6-9(18(22)23)3-4-11(10)17-14(19)12-7-1-2-8(5-7)13(12)15(20)21/h1-4,6-8,12-13H,5H2,(H,17,19)(H,20,21). The first-order chi connectivity index (χ1) is 10.9. The van der Waals surface area contributed by atoms with Crippen LogP contribution in [-0.2, 0) is 9.59 Å². The van der Waals surface area contributed by atoms with Crippen molar-refractivity contribution in [3.05, 3.63) is 45.5 Å². The van der Waals surface area contributed by atoms with E-state index in [0.717, 1.165) is 6.07 Å². The molecule has 120 valence electrons. The van der Waals surface area contributed by atoms with Gasteiger partial charge in [0.1, 0.15) is 0 Å². The SMILES string of the molecule is O=C(O)C1C2C=CC(C2)C1C(=O)Nc1ccc([N+](=O)[O-])cc1Cl. The highest BCUT2D eigenvalue weighted by molar-refractivity contribution is 6.34. The summed E-state index contributed by atoms with van der Waals surface area (Å²) in [6, 6.07) is 3.72. The molecule has 23 heavy (non-hydrogen) atoms. The molecule has 1 amide bonds. The second-order valence-corrected chi connectivity index (χ2v) is 6.16. The fraction of sp³-hybridized carbons (Fsp3) is 0.333. The summed E-state index contributed by atoms with van der Waals surface area (Å²) >= 11 is 5.95. The second-order valence-electron chi connectivity index (χ2n) is 5.75. The van der Waals surface area contributed by atoms with Crippen LogP contribution in [0.5, 0.6) is 0 Å². The molecule has 1 aromatic rings. The first kappa shape index (κ1) is 15.5. The van der Waals surface area contributed by atoms with Crippen molar-refractivity contribution < 1.29 is 19.6 Å². The van der Waals surface area contributed by atoms with Crippen LogP contribution in [0.3, 0.4) is 0 Å². The number of anilines is 1. The van der Waals surface area contributed by atoms with E-state index < -0.39 is 28.6 Å². The number of nitrogens with one attached hydrogen (secondary N) is 1. The van der Waals surface area contributed by atoms with Crippen LogP contribution in [0.4, 0.5) is 11.4 Å². The summed E-state index contributed by atoms with van der Waals surface area (Å²) in [5, 5.41) is 22.7. The second kappa shape index (κ2) is 5.66. The average molecular weight is 337 g/mol. The molecule has 2 aliphatic carbocycles. The lowest BCUT2D eigenvalue weighted by atomic mass is 9.82. The zero-order chi connectivity index (χ0) is 16.7. The van der Waals surface area contributed by atoms with Crippen molar-refractivity contribution in [2.45, 2.75) is 6.42 Å². The molecule has 7 nitrogen and oxygen atoms in total. The van der Waals surface area contributed by atoms with Crippen LogP contribution < -0.4 is 5.32 Å². The Balaban J connectivity index is 1.81. The van der Waals surface area contributed by atoms with E-state index in [-0.39, 0.29) is 28.2 Å². The summed E-state index contributed by atoms with van der Waals surface area (Å²) in [6.07, 6.45) is 4.39. The van der Waals surface area contributed by atoms with Crippen LogP contribution in [0.1, 0.15) is 6.42 Å². The van der Waals surface area contributed by atoms with E-state index in [4.69, 9.17) is 11.6 Å². The number of nitro groups is 1. The van der Waals surface area contributed by atoms with Gasteiger partial charge in [0.2, 0.25) is 5.91 Å². The van der Waals surface area contributed by atoms with E-state index in [2.05, 4.69) is 5.32 Å². The van der Waals surface area contributed by atoms with Gasteiger partial charge in [-0.2, -0.15) is 0 Å². The van der Waals surface area contributed by atoms with Gasteiger partial charge in [0, 0.05) is 12.1 Å². The Kier molecular flexibility index (Phi) is 3.81. The highest BCUT2D eigenvalue weighted by Crippen LogP contribution is 2.48. The summed E-state index contributed by atoms with van der Waals surface area (Å²) in [7, 11) is 0. The van der Waals surface area contributed by atoms with Crippen LogP contribution in [0.25, 0.3) is 0 Å². The number of carbonyl (C=O) groups is 2. The molecule has 0 heterocycles. The van der Waals surface area contributed by atoms with E-state index in [1.165, 1.54) is 12.1 Å². The summed E-state index contributed by atoms with van der Waals surface area (Å²) in [6.45, 7) is 0. The molecule has 2 aliphatic rings. The van der Waals surface area contributed by atoms with Crippen molar-refractivity contribution in [2.24, 2.45) is 23.7 Å². The zero-order valence-electron chi connectivity index (χ0n) is 11.8. The molecule has 4 atom stereocenters. The maximum absolute atomic E-state index is 12.5. The number of aliphatic carboxylic acids is 1. The van der Waals surface area contributed by atoms with E-state index in [9.17, 15) is 24.8 Å². The third-order valence-corrected chi connectivity index (χ3v) is 4.78. The van der Waals surface area contributed by atoms with Crippen molar-refractivity contribution in [3.63, 3.8) is 0 Å². The molecule has 1 fully saturated rings. The minimum atomic E-state index is -0.989. The molecule has 1 saturated carbocycles. The number of carbonyl (C=O) groups excluding carboxylic acids is 1. The van der Waals surface area contributed by atoms with Gasteiger partial charge in [0.25, 0.3) is 5.69 Å². The van der Waals surface area contributed by atoms with Crippen LogP contribution >= 0.6 is 11.6 Å². The maximum atomic E-state index is 12.5. The predicted molar refractivity (Wildman–Crippen MR) is 82.1 cm³/mol. The van der Waals surface area contributed by atoms with Gasteiger partial charge in [-0.05, 0) is 24.3 Å². The van der Waals surface area contributed by atoms with Crippen molar-refractivity contribution in [1.82, 2.24) is 0 Å². The zero-order valence-corrected chi connectivity index (χ0v) is 12.6. The highest BCUT2D eigenvalue weighted by atomic mass is 35.5. The molecule has 2 bridgehead atoms. The van der Waals surface area contributed by atoms with Gasteiger partial charge >= 0.3 is 5.97 Å². The number of non-ortho nitro benzene ring substituents is 1. The van der Waals surface area contributed by atoms with Crippen molar-refractivity contribution >= 4 is 34.9 Å². The largest absolute Gasteiger partial charge is 0.481 e. The average Bonchev–Trinajstić information content (AvgIpc) is 3.09. The minimum Gasteiger partial charge on any atom is -0.481 e. The van der Waals surface area contributed by atoms with E-state index in [1.807, 2.05) is 12.2 Å². The molecular formula is C15H13ClN2O5. The summed E-state index contributed by atoms with van der Waals surface area (Å²) in [4.78, 5) is 34.0. The van der Waals surface area contributed by atoms with Crippen LogP contribution in [0.15, 0.2) is 30.4 Å². The molecule has 0 radical (unpaired) electrons. The Morgan fingerprint density at radius 3 is 2.48 bits per heavy atom. The normalized spacial score (nSPS) is 27.9. The third-order valence-electron chi connectivity index (χ3n) is 4.47. The number of carboxylic acid groups (broad SMARTS) is 1. The third kappa shape index (κ3) is 2.68. The molecule has 1 aromatic carbocycles. The van der Waals surface area contributed by atoms with Gasteiger partial charge in [-0.15, -0.1) is 0 Å². The molecule has 2 N–H and O–H groups in total. The number of benzene rings is 1. The van der Waals surface area contributed by atoms with E-state index in [0.29, 0.717) is 6.42 Å². The van der Waals surface area contributed by atoms with Crippen LogP contribution in [-0.4, -0.2) is 21.9 Å². The molecule has 3 rings (SSSR count). The first-order valence-electron chi connectivity index (χ1n) is 7.04. The number of carboxylic acids is 1. The Bertz CT molecular complexity index is 733. The smallest absolute Gasteiger partial charge is 0.307 e.